The first-order valence-electron chi connectivity index (χ1n) is 6.53. The Morgan fingerprint density at radius 3 is 2.50 bits per heavy atom. The van der Waals surface area contributed by atoms with Crippen molar-refractivity contribution in [3.63, 3.8) is 0 Å². The van der Waals surface area contributed by atoms with E-state index in [1.807, 2.05) is 6.92 Å². The van der Waals surface area contributed by atoms with Gasteiger partial charge in [0.1, 0.15) is 0 Å². The van der Waals surface area contributed by atoms with Crippen molar-refractivity contribution in [2.45, 2.75) is 33.2 Å². The molecule has 1 rings (SSSR count). The lowest BCUT2D eigenvalue weighted by Gasteiger charge is -2.19. The molecule has 6 heteroatoms. The van der Waals surface area contributed by atoms with Crippen molar-refractivity contribution >= 4 is 10.2 Å². The van der Waals surface area contributed by atoms with Crippen molar-refractivity contribution < 1.29 is 8.42 Å². The van der Waals surface area contributed by atoms with Crippen LogP contribution in [0.5, 0.6) is 0 Å². The maximum Gasteiger partial charge on any atom is 0.282 e. The molecule has 0 amide bonds. The fraction of sp³-hybridized carbons (Fsp3) is 0.833. The van der Waals surface area contributed by atoms with Crippen molar-refractivity contribution in [3.05, 3.63) is 12.2 Å². The average molecular weight is 275 g/mol. The fourth-order valence-electron chi connectivity index (χ4n) is 1.91. The van der Waals surface area contributed by atoms with Crippen LogP contribution >= 0.6 is 0 Å². The molecule has 1 aliphatic heterocycles. The van der Waals surface area contributed by atoms with Gasteiger partial charge in [0.15, 0.2) is 0 Å². The summed E-state index contributed by atoms with van der Waals surface area (Å²) in [5.74, 6) is 0. The van der Waals surface area contributed by atoms with Gasteiger partial charge in [0.05, 0.1) is 0 Å². The topological polar surface area (TPSA) is 52.6 Å². The van der Waals surface area contributed by atoms with E-state index in [0.29, 0.717) is 38.8 Å². The number of rotatable bonds is 7. The molecule has 0 aromatic carbocycles. The van der Waals surface area contributed by atoms with E-state index >= 15 is 0 Å². The molecule has 106 valence electrons. The van der Waals surface area contributed by atoms with Crippen molar-refractivity contribution in [1.29, 1.82) is 0 Å². The van der Waals surface area contributed by atoms with Gasteiger partial charge in [-0.25, -0.2) is 0 Å². The number of hydrogen-bond donors (Lipinski definition) is 1. The molecule has 1 fully saturated rings. The molecule has 0 bridgehead atoms. The van der Waals surface area contributed by atoms with Crippen molar-refractivity contribution in [2.75, 3.05) is 32.7 Å². The fourth-order valence-corrected chi connectivity index (χ4v) is 3.62. The van der Waals surface area contributed by atoms with Crippen molar-refractivity contribution in [2.24, 2.45) is 0 Å². The van der Waals surface area contributed by atoms with Crippen molar-refractivity contribution in [1.82, 2.24) is 13.9 Å². The quantitative estimate of drug-likeness (QED) is 0.700. The van der Waals surface area contributed by atoms with Gasteiger partial charge in [-0.3, -0.25) is 0 Å². The molecule has 0 aliphatic carbocycles. The number of nitrogens with one attached hydrogen (secondary N) is 1. The zero-order valence-corrected chi connectivity index (χ0v) is 12.5. The third-order valence-corrected chi connectivity index (χ3v) is 4.87. The third-order valence-electron chi connectivity index (χ3n) is 2.88. The zero-order valence-electron chi connectivity index (χ0n) is 11.6. The maximum absolute atomic E-state index is 12.1. The Labute approximate surface area is 111 Å². The van der Waals surface area contributed by atoms with Crippen LogP contribution < -0.4 is 5.32 Å². The van der Waals surface area contributed by atoms with Crippen LogP contribution in [-0.4, -0.2) is 55.8 Å². The summed E-state index contributed by atoms with van der Waals surface area (Å²) in [7, 11) is -3.25. The monoisotopic (exact) mass is 275 g/mol. The summed E-state index contributed by atoms with van der Waals surface area (Å²) >= 11 is 0. The number of nitrogens with zero attached hydrogens (tertiary/aromatic N) is 2. The molecule has 0 aromatic rings. The molecule has 0 spiro atoms. The van der Waals surface area contributed by atoms with Crippen LogP contribution in [0.1, 0.15) is 27.2 Å². The smallest absolute Gasteiger partial charge is 0.282 e. The Bertz CT molecular complexity index is 379. The van der Waals surface area contributed by atoms with E-state index in [0.717, 1.165) is 12.0 Å². The summed E-state index contributed by atoms with van der Waals surface area (Å²) in [6.45, 7) is 12.9. The molecule has 18 heavy (non-hydrogen) atoms. The minimum Gasteiger partial charge on any atom is -0.311 e. The van der Waals surface area contributed by atoms with Crippen LogP contribution in [-0.2, 0) is 10.2 Å². The molecule has 0 unspecified atom stereocenters. The maximum atomic E-state index is 12.1. The highest BCUT2D eigenvalue weighted by molar-refractivity contribution is 7.87. The molecule has 1 aliphatic rings. The molecular weight excluding hydrogens is 250 g/mol. The molecule has 0 radical (unpaired) electrons. The summed E-state index contributed by atoms with van der Waals surface area (Å²) in [5.41, 5.74) is 0.908. The lowest BCUT2D eigenvalue weighted by Crippen LogP contribution is -2.36. The zero-order chi connectivity index (χ0) is 13.8. The summed E-state index contributed by atoms with van der Waals surface area (Å²) < 4.78 is 27.4. The van der Waals surface area contributed by atoms with Crippen LogP contribution in [0.4, 0.5) is 0 Å². The van der Waals surface area contributed by atoms with Gasteiger partial charge < -0.3 is 5.32 Å². The Kier molecular flexibility index (Phi) is 5.78. The molecule has 0 atom stereocenters. The Morgan fingerprint density at radius 1 is 1.33 bits per heavy atom. The first kappa shape index (κ1) is 15.6. The van der Waals surface area contributed by atoms with E-state index in [2.05, 4.69) is 25.7 Å². The highest BCUT2D eigenvalue weighted by Crippen LogP contribution is 2.17. The van der Waals surface area contributed by atoms with Gasteiger partial charge in [-0.15, -0.1) is 0 Å². The van der Waals surface area contributed by atoms with E-state index < -0.39 is 10.2 Å². The normalized spacial score (nSPS) is 20.7. The molecule has 0 aromatic heterocycles. The molecule has 5 nitrogen and oxygen atoms in total. The second-order valence-electron chi connectivity index (χ2n) is 5.03. The summed E-state index contributed by atoms with van der Waals surface area (Å²) in [4.78, 5) is 0. The first-order chi connectivity index (χ1) is 8.37. The predicted molar refractivity (Wildman–Crippen MR) is 74.6 cm³/mol. The molecular formula is C12H25N3O2S. The van der Waals surface area contributed by atoms with E-state index in [1.165, 1.54) is 4.31 Å². The molecule has 0 saturated carbocycles. The van der Waals surface area contributed by atoms with E-state index in [4.69, 9.17) is 0 Å². The van der Waals surface area contributed by atoms with Crippen LogP contribution in [0.15, 0.2) is 12.2 Å². The lowest BCUT2D eigenvalue weighted by molar-refractivity contribution is 0.445. The minimum atomic E-state index is -3.25. The predicted octanol–water partition coefficient (Wildman–Crippen LogP) is 0.813. The van der Waals surface area contributed by atoms with Gasteiger partial charge in [-0.1, -0.05) is 27.4 Å². The first-order valence-corrected chi connectivity index (χ1v) is 7.93. The molecule has 1 N–H and O–H groups in total. The number of hydrogen-bond acceptors (Lipinski definition) is 3. The second kappa shape index (κ2) is 6.65. The average Bonchev–Trinajstić information content (AvgIpc) is 2.54. The Hall–Kier alpha value is -0.430. The summed E-state index contributed by atoms with van der Waals surface area (Å²) in [6.07, 6.45) is 0.850. The van der Waals surface area contributed by atoms with Gasteiger partial charge in [-0.2, -0.15) is 17.0 Å². The molecule has 1 saturated heterocycles. The lowest BCUT2D eigenvalue weighted by atomic mass is 10.2. The van der Waals surface area contributed by atoms with E-state index in [1.54, 1.807) is 4.31 Å². The second-order valence-corrected chi connectivity index (χ2v) is 6.95. The van der Waals surface area contributed by atoms with E-state index in [-0.39, 0.29) is 0 Å². The minimum absolute atomic E-state index is 0.383. The summed E-state index contributed by atoms with van der Waals surface area (Å²) in [6, 6.07) is 0.383. The summed E-state index contributed by atoms with van der Waals surface area (Å²) in [5, 5.41) is 3.25. The highest BCUT2D eigenvalue weighted by atomic mass is 32.2. The molecule has 1 heterocycles. The van der Waals surface area contributed by atoms with E-state index in [9.17, 15) is 8.42 Å². The Balaban J connectivity index is 2.51. The Morgan fingerprint density at radius 2 is 1.94 bits per heavy atom. The third kappa shape index (κ3) is 4.05. The van der Waals surface area contributed by atoms with Gasteiger partial charge in [0.2, 0.25) is 0 Å². The van der Waals surface area contributed by atoms with Gasteiger partial charge >= 0.3 is 0 Å². The van der Waals surface area contributed by atoms with Gasteiger partial charge in [-0.05, 0) is 12.0 Å². The highest BCUT2D eigenvalue weighted by Gasteiger charge is 2.35. The van der Waals surface area contributed by atoms with Crippen LogP contribution in [0, 0.1) is 0 Å². The standard InChI is InChI=1S/C12H25N3O2S/c1-5-6-14-7-8-15(18(14,16)17)10-12(4)9-13-11(2)3/h11,13H,4-10H2,1-3H3. The van der Waals surface area contributed by atoms with Crippen molar-refractivity contribution in [3.8, 4) is 0 Å². The van der Waals surface area contributed by atoms with Gasteiger partial charge in [0, 0.05) is 38.8 Å². The van der Waals surface area contributed by atoms with Crippen LogP contribution in [0.2, 0.25) is 0 Å². The van der Waals surface area contributed by atoms with Gasteiger partial charge in [0.25, 0.3) is 10.2 Å². The van der Waals surface area contributed by atoms with Crippen LogP contribution in [0.3, 0.4) is 0 Å². The SMILES string of the molecule is C=C(CNC(C)C)CN1CCN(CCC)S1(=O)=O. The van der Waals surface area contributed by atoms with Crippen LogP contribution in [0.25, 0.3) is 0 Å². The largest absolute Gasteiger partial charge is 0.311 e.